The number of rotatable bonds is 5. The molecule has 0 aliphatic carbocycles. The van der Waals surface area contributed by atoms with Gasteiger partial charge in [0.15, 0.2) is 0 Å². The van der Waals surface area contributed by atoms with Crippen LogP contribution in [0.4, 0.5) is 0 Å². The summed E-state index contributed by atoms with van der Waals surface area (Å²) in [7, 11) is 0. The van der Waals surface area contributed by atoms with Gasteiger partial charge in [-0.1, -0.05) is 35.4 Å². The standard InChI is InChI=1S/C22H17ClN2O3/c1-15-5-9-17(10-6-15)22(27)28-20-11-7-16(8-12-20)14-24-25-21(26)18-3-2-4-19(23)13-18/h2-14H,1H3,(H,25,26). The summed E-state index contributed by atoms with van der Waals surface area (Å²) >= 11 is 5.86. The molecule has 0 heterocycles. The van der Waals surface area contributed by atoms with Crippen LogP contribution in [-0.2, 0) is 0 Å². The monoisotopic (exact) mass is 392 g/mol. The van der Waals surface area contributed by atoms with Crippen molar-refractivity contribution in [3.8, 4) is 5.75 Å². The first-order chi connectivity index (χ1) is 13.5. The molecule has 0 atom stereocenters. The predicted molar refractivity (Wildman–Crippen MR) is 109 cm³/mol. The third-order valence-corrected chi connectivity index (χ3v) is 4.08. The van der Waals surface area contributed by atoms with Gasteiger partial charge in [0.1, 0.15) is 5.75 Å². The first kappa shape index (κ1) is 19.3. The Morgan fingerprint density at radius 2 is 1.68 bits per heavy atom. The van der Waals surface area contributed by atoms with Crippen molar-refractivity contribution in [2.75, 3.05) is 0 Å². The molecule has 3 aromatic carbocycles. The van der Waals surface area contributed by atoms with Crippen LogP contribution in [-0.4, -0.2) is 18.1 Å². The molecule has 0 aromatic heterocycles. The number of hydrogen-bond donors (Lipinski definition) is 1. The number of benzene rings is 3. The number of nitrogens with zero attached hydrogens (tertiary/aromatic N) is 1. The highest BCUT2D eigenvalue weighted by molar-refractivity contribution is 6.30. The highest BCUT2D eigenvalue weighted by atomic mass is 35.5. The second-order valence-corrected chi connectivity index (χ2v) is 6.47. The van der Waals surface area contributed by atoms with Gasteiger partial charge in [-0.15, -0.1) is 0 Å². The van der Waals surface area contributed by atoms with Gasteiger partial charge in [0.25, 0.3) is 5.91 Å². The average Bonchev–Trinajstić information content (AvgIpc) is 2.69. The zero-order valence-electron chi connectivity index (χ0n) is 15.1. The second kappa shape index (κ2) is 8.97. The van der Waals surface area contributed by atoms with Crippen LogP contribution in [0, 0.1) is 6.92 Å². The van der Waals surface area contributed by atoms with Crippen LogP contribution in [0.2, 0.25) is 5.02 Å². The van der Waals surface area contributed by atoms with Crippen molar-refractivity contribution >= 4 is 29.7 Å². The molecule has 0 aliphatic heterocycles. The Balaban J connectivity index is 1.56. The number of aryl methyl sites for hydroxylation is 1. The molecule has 3 rings (SSSR count). The summed E-state index contributed by atoms with van der Waals surface area (Å²) in [6, 6.07) is 20.5. The van der Waals surface area contributed by atoms with Crippen molar-refractivity contribution in [1.29, 1.82) is 0 Å². The number of halogens is 1. The van der Waals surface area contributed by atoms with Gasteiger partial charge in [0, 0.05) is 10.6 Å². The van der Waals surface area contributed by atoms with Crippen LogP contribution in [0.3, 0.4) is 0 Å². The zero-order valence-corrected chi connectivity index (χ0v) is 15.8. The number of carbonyl (C=O) groups excluding carboxylic acids is 2. The summed E-state index contributed by atoms with van der Waals surface area (Å²) in [4.78, 5) is 24.1. The molecule has 0 radical (unpaired) electrons. The van der Waals surface area contributed by atoms with E-state index < -0.39 is 5.97 Å². The highest BCUT2D eigenvalue weighted by Crippen LogP contribution is 2.14. The second-order valence-electron chi connectivity index (χ2n) is 6.03. The molecule has 1 amide bonds. The fourth-order valence-electron chi connectivity index (χ4n) is 2.34. The van der Waals surface area contributed by atoms with E-state index in [1.807, 2.05) is 19.1 Å². The normalized spacial score (nSPS) is 10.6. The van der Waals surface area contributed by atoms with Crippen LogP contribution in [0.5, 0.6) is 5.75 Å². The Morgan fingerprint density at radius 1 is 0.964 bits per heavy atom. The number of esters is 1. The minimum Gasteiger partial charge on any atom is -0.423 e. The third kappa shape index (κ3) is 5.28. The molecule has 0 saturated carbocycles. The number of nitrogens with one attached hydrogen (secondary N) is 1. The fraction of sp³-hybridized carbons (Fsp3) is 0.0455. The van der Waals surface area contributed by atoms with Crippen LogP contribution in [0.1, 0.15) is 31.8 Å². The molecule has 140 valence electrons. The van der Waals surface area contributed by atoms with E-state index in [0.717, 1.165) is 11.1 Å². The lowest BCUT2D eigenvalue weighted by Gasteiger charge is -2.05. The van der Waals surface area contributed by atoms with Gasteiger partial charge in [0.05, 0.1) is 11.8 Å². The van der Waals surface area contributed by atoms with E-state index >= 15 is 0 Å². The predicted octanol–water partition coefficient (Wildman–Crippen LogP) is 4.63. The molecule has 0 unspecified atom stereocenters. The van der Waals surface area contributed by atoms with Gasteiger partial charge in [-0.2, -0.15) is 5.10 Å². The summed E-state index contributed by atoms with van der Waals surface area (Å²) in [5, 5.41) is 4.40. The third-order valence-electron chi connectivity index (χ3n) is 3.84. The maximum Gasteiger partial charge on any atom is 0.343 e. The van der Waals surface area contributed by atoms with Gasteiger partial charge in [-0.05, 0) is 67.1 Å². The Kier molecular flexibility index (Phi) is 6.19. The SMILES string of the molecule is Cc1ccc(C(=O)Oc2ccc(C=NNC(=O)c3cccc(Cl)c3)cc2)cc1. The largest absolute Gasteiger partial charge is 0.423 e. The molecular weight excluding hydrogens is 376 g/mol. The van der Waals surface area contributed by atoms with Crippen molar-refractivity contribution in [2.24, 2.45) is 5.10 Å². The van der Waals surface area contributed by atoms with E-state index in [2.05, 4.69) is 10.5 Å². The van der Waals surface area contributed by atoms with E-state index in [1.54, 1.807) is 60.7 Å². The maximum absolute atomic E-state index is 12.1. The number of amides is 1. The lowest BCUT2D eigenvalue weighted by Crippen LogP contribution is -2.17. The number of hydrogen-bond acceptors (Lipinski definition) is 4. The lowest BCUT2D eigenvalue weighted by molar-refractivity contribution is 0.0734. The van der Waals surface area contributed by atoms with Crippen LogP contribution in [0.25, 0.3) is 0 Å². The minimum absolute atomic E-state index is 0.359. The summed E-state index contributed by atoms with van der Waals surface area (Å²) < 4.78 is 5.34. The molecule has 0 aliphatic rings. The molecule has 0 spiro atoms. The van der Waals surface area contributed by atoms with E-state index in [-0.39, 0.29) is 5.91 Å². The Hall–Kier alpha value is -3.44. The lowest BCUT2D eigenvalue weighted by atomic mass is 10.1. The number of hydrazone groups is 1. The molecule has 6 heteroatoms. The van der Waals surface area contributed by atoms with Crippen LogP contribution < -0.4 is 10.2 Å². The highest BCUT2D eigenvalue weighted by Gasteiger charge is 2.08. The molecule has 0 saturated heterocycles. The summed E-state index contributed by atoms with van der Waals surface area (Å²) in [5.41, 5.74) is 5.15. The van der Waals surface area contributed by atoms with Crippen molar-refractivity contribution in [3.05, 3.63) is 100 Å². The molecule has 0 bridgehead atoms. The summed E-state index contributed by atoms with van der Waals surface area (Å²) in [6.07, 6.45) is 1.49. The van der Waals surface area contributed by atoms with Gasteiger partial charge in [-0.3, -0.25) is 4.79 Å². The Morgan fingerprint density at radius 3 is 2.36 bits per heavy atom. The first-order valence-electron chi connectivity index (χ1n) is 8.49. The number of ether oxygens (including phenoxy) is 1. The van der Waals surface area contributed by atoms with Crippen LogP contribution in [0.15, 0.2) is 77.9 Å². The average molecular weight is 393 g/mol. The quantitative estimate of drug-likeness (QED) is 0.298. The summed E-state index contributed by atoms with van der Waals surface area (Å²) in [6.45, 7) is 1.95. The summed E-state index contributed by atoms with van der Waals surface area (Å²) in [5.74, 6) is -0.358. The zero-order chi connectivity index (χ0) is 19.9. The van der Waals surface area contributed by atoms with Gasteiger partial charge in [-0.25, -0.2) is 10.2 Å². The number of carbonyl (C=O) groups is 2. The smallest absolute Gasteiger partial charge is 0.343 e. The molecule has 5 nitrogen and oxygen atoms in total. The van der Waals surface area contributed by atoms with Crippen molar-refractivity contribution in [3.63, 3.8) is 0 Å². The molecule has 0 fully saturated rings. The fourth-order valence-corrected chi connectivity index (χ4v) is 2.53. The van der Waals surface area contributed by atoms with E-state index in [9.17, 15) is 9.59 Å². The molecule has 3 aromatic rings. The molecular formula is C22H17ClN2O3. The van der Waals surface area contributed by atoms with Crippen molar-refractivity contribution < 1.29 is 14.3 Å². The molecule has 1 N–H and O–H groups in total. The van der Waals surface area contributed by atoms with Crippen molar-refractivity contribution in [2.45, 2.75) is 6.92 Å². The van der Waals surface area contributed by atoms with E-state index in [4.69, 9.17) is 16.3 Å². The Labute approximate surface area is 167 Å². The van der Waals surface area contributed by atoms with Gasteiger partial charge >= 0.3 is 5.97 Å². The first-order valence-corrected chi connectivity index (χ1v) is 8.87. The van der Waals surface area contributed by atoms with Gasteiger partial charge < -0.3 is 4.74 Å². The topological polar surface area (TPSA) is 67.8 Å². The maximum atomic E-state index is 12.1. The minimum atomic E-state index is -0.421. The van der Waals surface area contributed by atoms with Crippen molar-refractivity contribution in [1.82, 2.24) is 5.43 Å². The van der Waals surface area contributed by atoms with Crippen LogP contribution >= 0.6 is 11.6 Å². The Bertz CT molecular complexity index is 1010. The van der Waals surface area contributed by atoms with E-state index in [1.165, 1.54) is 6.21 Å². The van der Waals surface area contributed by atoms with E-state index in [0.29, 0.717) is 21.9 Å². The van der Waals surface area contributed by atoms with Gasteiger partial charge in [0.2, 0.25) is 0 Å². The molecule has 28 heavy (non-hydrogen) atoms.